The lowest BCUT2D eigenvalue weighted by atomic mass is 9.58. The summed E-state index contributed by atoms with van der Waals surface area (Å²) in [5, 5.41) is 2.51. The third-order valence-corrected chi connectivity index (χ3v) is 10.8. The molecule has 1 aromatic heterocycles. The van der Waals surface area contributed by atoms with E-state index >= 15 is 0 Å². The van der Waals surface area contributed by atoms with Crippen LogP contribution in [0.4, 0.5) is 4.39 Å². The molecule has 6 atom stereocenters. The Morgan fingerprint density at radius 1 is 1.14 bits per heavy atom. The highest BCUT2D eigenvalue weighted by Crippen LogP contribution is 2.69. The fourth-order valence-electron chi connectivity index (χ4n) is 8.94. The molecule has 4 heteroatoms. The van der Waals surface area contributed by atoms with Crippen LogP contribution in [0.1, 0.15) is 69.8 Å². The highest BCUT2D eigenvalue weighted by Gasteiger charge is 2.66. The summed E-state index contributed by atoms with van der Waals surface area (Å²) < 4.78 is 20.5. The Hall–Kier alpha value is -2.04. The molecule has 3 aliphatic carbocycles. The zero-order valence-corrected chi connectivity index (χ0v) is 21.1. The lowest BCUT2D eigenvalue weighted by Crippen LogP contribution is -2.55. The van der Waals surface area contributed by atoms with Crippen molar-refractivity contribution < 1.29 is 9.13 Å². The summed E-state index contributed by atoms with van der Waals surface area (Å²) >= 11 is 0. The molecule has 0 amide bonds. The first-order chi connectivity index (χ1) is 17.0. The normalized spacial score (nSPS) is 39.7. The van der Waals surface area contributed by atoms with Crippen LogP contribution in [0.25, 0.3) is 10.8 Å². The van der Waals surface area contributed by atoms with Gasteiger partial charge in [-0.25, -0.2) is 4.39 Å². The SMILES string of the molecule is CN(CCF)[C@@H]1CCC2=CC3=CC[C@]4(C)[C@@H](c5ccc6ccncc6c5)CC[C@H]4[C@@]34CCC2(C1)O4. The van der Waals surface area contributed by atoms with Crippen LogP contribution in [0.3, 0.4) is 0 Å². The number of ether oxygens (including phenoxy) is 1. The molecule has 1 saturated heterocycles. The molecule has 7 rings (SSSR count). The maximum absolute atomic E-state index is 13.1. The minimum atomic E-state index is -0.271. The number of hydrogen-bond acceptors (Lipinski definition) is 3. The number of rotatable bonds is 4. The van der Waals surface area contributed by atoms with E-state index in [1.165, 1.54) is 40.3 Å². The smallest absolute Gasteiger partial charge is 0.102 e. The molecule has 2 bridgehead atoms. The molecule has 1 aromatic carbocycles. The van der Waals surface area contributed by atoms with Gasteiger partial charge in [0.2, 0.25) is 0 Å². The first-order valence-electron chi connectivity index (χ1n) is 13.7. The van der Waals surface area contributed by atoms with Crippen molar-refractivity contribution in [2.75, 3.05) is 20.3 Å². The summed E-state index contributed by atoms with van der Waals surface area (Å²) in [7, 11) is 2.09. The fourth-order valence-corrected chi connectivity index (χ4v) is 8.94. The molecule has 0 N–H and O–H groups in total. The van der Waals surface area contributed by atoms with Crippen LogP contribution < -0.4 is 0 Å². The monoisotopic (exact) mass is 472 g/mol. The zero-order chi connectivity index (χ0) is 23.8. The van der Waals surface area contributed by atoms with Crippen molar-refractivity contribution in [3.05, 3.63) is 65.5 Å². The van der Waals surface area contributed by atoms with E-state index in [4.69, 9.17) is 4.74 Å². The lowest BCUT2D eigenvalue weighted by Gasteiger charge is -2.55. The molecule has 184 valence electrons. The molecule has 35 heavy (non-hydrogen) atoms. The van der Waals surface area contributed by atoms with Gasteiger partial charge in [0.1, 0.15) is 6.67 Å². The summed E-state index contributed by atoms with van der Waals surface area (Å²) in [5.41, 5.74) is 4.40. The molecule has 2 saturated carbocycles. The van der Waals surface area contributed by atoms with Gasteiger partial charge in [0.15, 0.2) is 0 Å². The fraction of sp³-hybridized carbons (Fsp3) is 0.581. The number of nitrogens with zero attached hydrogens (tertiary/aromatic N) is 2. The largest absolute Gasteiger partial charge is 0.359 e. The van der Waals surface area contributed by atoms with Gasteiger partial charge in [-0.3, -0.25) is 4.98 Å². The Labute approximate surface area is 208 Å². The van der Waals surface area contributed by atoms with Crippen molar-refractivity contribution >= 4 is 10.8 Å². The van der Waals surface area contributed by atoms with Gasteiger partial charge in [-0.15, -0.1) is 0 Å². The second-order valence-corrected chi connectivity index (χ2v) is 12.3. The van der Waals surface area contributed by atoms with Crippen LogP contribution in [-0.2, 0) is 4.74 Å². The summed E-state index contributed by atoms with van der Waals surface area (Å²) in [6.07, 6.45) is 18.0. The van der Waals surface area contributed by atoms with E-state index in [1.807, 2.05) is 12.4 Å². The number of benzene rings is 1. The van der Waals surface area contributed by atoms with E-state index in [0.717, 1.165) is 38.5 Å². The average Bonchev–Trinajstić information content (AvgIpc) is 3.38. The standard InChI is InChI=1S/C31H37FN2O/c1-29-11-9-25-18-24-5-6-26(34(2)16-14-32)19-30(24)12-13-31(25,35-30)28(29)8-7-27(29)22-4-3-21-10-15-33-20-23(21)17-22/h3-4,9-10,15,17-18,20,26-28H,5-8,11-14,16,19H2,1-2H3/t26-,27-,28-,29-,30?,31-/m1/s1. The number of allylic oxidation sites excluding steroid dienone is 1. The molecule has 5 aliphatic rings. The second kappa shape index (κ2) is 7.73. The average molecular weight is 473 g/mol. The predicted octanol–water partition coefficient (Wildman–Crippen LogP) is 6.75. The van der Waals surface area contributed by atoms with E-state index in [-0.39, 0.29) is 23.3 Å². The van der Waals surface area contributed by atoms with Crippen LogP contribution in [0, 0.1) is 11.3 Å². The van der Waals surface area contributed by atoms with Crippen LogP contribution in [0.15, 0.2) is 60.0 Å². The number of aromatic nitrogens is 1. The second-order valence-electron chi connectivity index (χ2n) is 12.3. The van der Waals surface area contributed by atoms with Crippen molar-refractivity contribution in [3.63, 3.8) is 0 Å². The predicted molar refractivity (Wildman–Crippen MR) is 138 cm³/mol. The highest BCUT2D eigenvalue weighted by atomic mass is 19.1. The summed E-state index contributed by atoms with van der Waals surface area (Å²) in [4.78, 5) is 6.60. The highest BCUT2D eigenvalue weighted by molar-refractivity contribution is 5.82. The summed E-state index contributed by atoms with van der Waals surface area (Å²) in [6, 6.07) is 9.55. The minimum absolute atomic E-state index is 0.129. The van der Waals surface area contributed by atoms with Crippen molar-refractivity contribution in [3.8, 4) is 0 Å². The first-order valence-corrected chi connectivity index (χ1v) is 13.7. The third kappa shape index (κ3) is 3.05. The van der Waals surface area contributed by atoms with Gasteiger partial charge in [0.25, 0.3) is 0 Å². The Kier molecular flexibility index (Phi) is 4.90. The van der Waals surface area contributed by atoms with Crippen LogP contribution in [0.5, 0.6) is 0 Å². The Morgan fingerprint density at radius 3 is 2.94 bits per heavy atom. The summed E-state index contributed by atoms with van der Waals surface area (Å²) in [6.45, 7) is 2.80. The quantitative estimate of drug-likeness (QED) is 0.492. The van der Waals surface area contributed by atoms with E-state index in [9.17, 15) is 4.39 Å². The van der Waals surface area contributed by atoms with Crippen molar-refractivity contribution in [2.45, 2.75) is 81.5 Å². The molecular formula is C31H37FN2O. The van der Waals surface area contributed by atoms with Crippen molar-refractivity contribution in [1.29, 1.82) is 0 Å². The van der Waals surface area contributed by atoms with Crippen LogP contribution in [-0.4, -0.2) is 47.4 Å². The van der Waals surface area contributed by atoms with E-state index in [0.29, 0.717) is 24.4 Å². The Bertz CT molecular complexity index is 1240. The number of halogens is 1. The molecule has 2 spiro atoms. The van der Waals surface area contributed by atoms with Gasteiger partial charge >= 0.3 is 0 Å². The summed E-state index contributed by atoms with van der Waals surface area (Å²) in [5.74, 6) is 1.09. The van der Waals surface area contributed by atoms with E-state index < -0.39 is 0 Å². The third-order valence-electron chi connectivity index (χ3n) is 10.8. The lowest BCUT2D eigenvalue weighted by molar-refractivity contribution is -0.140. The number of hydrogen-bond donors (Lipinski definition) is 0. The van der Waals surface area contributed by atoms with Crippen molar-refractivity contribution in [2.24, 2.45) is 11.3 Å². The zero-order valence-electron chi connectivity index (χ0n) is 21.1. The van der Waals surface area contributed by atoms with Gasteiger partial charge in [-0.1, -0.05) is 31.2 Å². The van der Waals surface area contributed by atoms with Gasteiger partial charge in [-0.05, 0) is 110 Å². The number of alkyl halides is 1. The molecule has 2 aromatic rings. The molecule has 1 unspecified atom stereocenters. The first kappa shape index (κ1) is 22.2. The maximum Gasteiger partial charge on any atom is 0.102 e. The van der Waals surface area contributed by atoms with Crippen LogP contribution >= 0.6 is 0 Å². The topological polar surface area (TPSA) is 25.4 Å². The van der Waals surface area contributed by atoms with Crippen LogP contribution in [0.2, 0.25) is 0 Å². The number of fused-ring (bicyclic) bond motifs is 2. The van der Waals surface area contributed by atoms with Gasteiger partial charge < -0.3 is 9.64 Å². The molecular weight excluding hydrogens is 435 g/mol. The number of pyridine rings is 1. The minimum Gasteiger partial charge on any atom is -0.359 e. The van der Waals surface area contributed by atoms with E-state index in [1.54, 1.807) is 0 Å². The molecule has 3 nitrogen and oxygen atoms in total. The maximum atomic E-state index is 13.1. The molecule has 2 aliphatic heterocycles. The van der Waals surface area contributed by atoms with Gasteiger partial charge in [0.05, 0.1) is 11.2 Å². The molecule has 3 fully saturated rings. The molecule has 3 heterocycles. The Morgan fingerprint density at radius 2 is 2.06 bits per heavy atom. The van der Waals surface area contributed by atoms with Gasteiger partial charge in [-0.2, -0.15) is 0 Å². The Balaban J connectivity index is 1.24. The van der Waals surface area contributed by atoms with Gasteiger partial charge in [0, 0.05) is 30.4 Å². The van der Waals surface area contributed by atoms with E-state index in [2.05, 4.69) is 60.3 Å². The molecule has 0 radical (unpaired) electrons. The van der Waals surface area contributed by atoms with Crippen molar-refractivity contribution in [1.82, 2.24) is 9.88 Å².